The maximum absolute atomic E-state index is 11.2. The Morgan fingerprint density at radius 3 is 3.00 bits per heavy atom. The Morgan fingerprint density at radius 1 is 1.53 bits per heavy atom. The van der Waals surface area contributed by atoms with Crippen molar-refractivity contribution in [2.24, 2.45) is 11.8 Å². The molecule has 3 unspecified atom stereocenters. The van der Waals surface area contributed by atoms with Gasteiger partial charge >= 0.3 is 5.97 Å². The van der Waals surface area contributed by atoms with Gasteiger partial charge in [0.05, 0.1) is 10.9 Å². The van der Waals surface area contributed by atoms with Crippen molar-refractivity contribution in [2.75, 3.05) is 0 Å². The van der Waals surface area contributed by atoms with Crippen molar-refractivity contribution < 1.29 is 9.90 Å². The Hall–Kier alpha value is -1.10. The van der Waals surface area contributed by atoms with Crippen LogP contribution in [0.4, 0.5) is 0 Å². The second kappa shape index (κ2) is 5.49. The minimum absolute atomic E-state index is 0.131. The maximum Gasteiger partial charge on any atom is 0.307 e. The first-order valence-electron chi connectivity index (χ1n) is 5.82. The molecular weight excluding hydrogens is 236 g/mol. The van der Waals surface area contributed by atoms with E-state index in [9.17, 15) is 9.90 Å². The number of carboxylic acids is 1. The van der Waals surface area contributed by atoms with Crippen molar-refractivity contribution in [3.05, 3.63) is 18.6 Å². The summed E-state index contributed by atoms with van der Waals surface area (Å²) in [5.74, 6) is -0.320. The molecule has 1 fully saturated rings. The number of carbonyl (C=O) groups is 1. The number of carboxylic acid groups (broad SMARTS) is 1. The monoisotopic (exact) mass is 252 g/mol. The van der Waals surface area contributed by atoms with Crippen LogP contribution in [0.15, 0.2) is 23.6 Å². The van der Waals surface area contributed by atoms with Gasteiger partial charge in [0.1, 0.15) is 6.33 Å². The average Bonchev–Trinajstić information content (AvgIpc) is 2.30. The summed E-state index contributed by atoms with van der Waals surface area (Å²) in [6.07, 6.45) is 5.93. The predicted octanol–water partition coefficient (Wildman–Crippen LogP) is 2.46. The van der Waals surface area contributed by atoms with Gasteiger partial charge in [-0.1, -0.05) is 6.92 Å². The Kier molecular flexibility index (Phi) is 3.99. The lowest BCUT2D eigenvalue weighted by molar-refractivity contribution is -0.142. The van der Waals surface area contributed by atoms with Crippen molar-refractivity contribution in [1.82, 2.24) is 9.97 Å². The number of hydrogen-bond acceptors (Lipinski definition) is 4. The van der Waals surface area contributed by atoms with Gasteiger partial charge < -0.3 is 5.11 Å². The van der Waals surface area contributed by atoms with Crippen LogP contribution >= 0.6 is 11.8 Å². The van der Waals surface area contributed by atoms with E-state index in [4.69, 9.17) is 0 Å². The zero-order valence-electron chi connectivity index (χ0n) is 9.74. The van der Waals surface area contributed by atoms with Crippen molar-refractivity contribution >= 4 is 17.7 Å². The summed E-state index contributed by atoms with van der Waals surface area (Å²) in [5.41, 5.74) is 0. The Bertz CT molecular complexity index is 385. The normalized spacial score (nSPS) is 28.9. The first-order valence-corrected chi connectivity index (χ1v) is 6.70. The van der Waals surface area contributed by atoms with Crippen LogP contribution < -0.4 is 0 Å². The molecule has 1 saturated carbocycles. The molecule has 0 amide bonds. The Labute approximate surface area is 105 Å². The molecule has 0 saturated heterocycles. The zero-order valence-corrected chi connectivity index (χ0v) is 10.6. The molecule has 4 nitrogen and oxygen atoms in total. The molecule has 0 radical (unpaired) electrons. The summed E-state index contributed by atoms with van der Waals surface area (Å²) in [7, 11) is 0. The standard InChI is InChI=1S/C12H16N2O2S/c1-8-2-3-9(12(15)16)10(6-8)17-11-4-5-13-7-14-11/h4-5,7-10H,2-3,6H2,1H3,(H,15,16). The van der Waals surface area contributed by atoms with E-state index in [0.717, 1.165) is 24.3 Å². The van der Waals surface area contributed by atoms with Gasteiger partial charge in [-0.15, -0.1) is 11.8 Å². The van der Waals surface area contributed by atoms with Crippen LogP contribution in [0.1, 0.15) is 26.2 Å². The van der Waals surface area contributed by atoms with E-state index in [1.54, 1.807) is 18.0 Å². The summed E-state index contributed by atoms with van der Waals surface area (Å²) in [5, 5.41) is 10.2. The number of aromatic nitrogens is 2. The van der Waals surface area contributed by atoms with Gasteiger partial charge in [-0.05, 0) is 31.2 Å². The molecule has 2 rings (SSSR count). The molecule has 1 aromatic rings. The first kappa shape index (κ1) is 12.4. The van der Waals surface area contributed by atoms with Gasteiger partial charge in [0.25, 0.3) is 0 Å². The van der Waals surface area contributed by atoms with Crippen LogP contribution in [-0.4, -0.2) is 26.3 Å². The number of rotatable bonds is 3. The van der Waals surface area contributed by atoms with Crippen LogP contribution in [0.5, 0.6) is 0 Å². The topological polar surface area (TPSA) is 63.1 Å². The lowest BCUT2D eigenvalue weighted by Crippen LogP contribution is -2.32. The molecular formula is C12H16N2O2S. The van der Waals surface area contributed by atoms with Crippen LogP contribution in [0.25, 0.3) is 0 Å². The number of hydrogen-bond donors (Lipinski definition) is 1. The molecule has 1 N–H and O–H groups in total. The minimum Gasteiger partial charge on any atom is -0.481 e. The van der Waals surface area contributed by atoms with Crippen LogP contribution in [0, 0.1) is 11.8 Å². The molecule has 0 spiro atoms. The zero-order chi connectivity index (χ0) is 12.3. The van der Waals surface area contributed by atoms with Crippen molar-refractivity contribution in [3.8, 4) is 0 Å². The highest BCUT2D eigenvalue weighted by Gasteiger charge is 2.34. The predicted molar refractivity (Wildman–Crippen MR) is 65.8 cm³/mol. The fraction of sp³-hybridized carbons (Fsp3) is 0.583. The molecule has 1 heterocycles. The van der Waals surface area contributed by atoms with Crippen LogP contribution in [0.3, 0.4) is 0 Å². The second-order valence-corrected chi connectivity index (χ2v) is 5.83. The van der Waals surface area contributed by atoms with Gasteiger partial charge in [-0.3, -0.25) is 4.79 Å². The summed E-state index contributed by atoms with van der Waals surface area (Å²) in [6, 6.07) is 1.84. The average molecular weight is 252 g/mol. The molecule has 3 atom stereocenters. The quantitative estimate of drug-likeness (QED) is 0.837. The molecule has 5 heteroatoms. The third-order valence-corrected chi connectivity index (χ3v) is 4.50. The van der Waals surface area contributed by atoms with E-state index in [1.807, 2.05) is 6.07 Å². The Morgan fingerprint density at radius 2 is 2.35 bits per heavy atom. The molecule has 1 aromatic heterocycles. The smallest absolute Gasteiger partial charge is 0.307 e. The maximum atomic E-state index is 11.2. The fourth-order valence-corrected chi connectivity index (χ4v) is 3.64. The van der Waals surface area contributed by atoms with E-state index >= 15 is 0 Å². The van der Waals surface area contributed by atoms with E-state index in [1.165, 1.54) is 6.33 Å². The van der Waals surface area contributed by atoms with Crippen LogP contribution in [-0.2, 0) is 4.79 Å². The highest BCUT2D eigenvalue weighted by molar-refractivity contribution is 7.99. The first-order chi connectivity index (χ1) is 8.16. The van der Waals surface area contributed by atoms with E-state index in [-0.39, 0.29) is 11.2 Å². The largest absolute Gasteiger partial charge is 0.481 e. The number of aliphatic carboxylic acids is 1. The highest BCUT2D eigenvalue weighted by atomic mass is 32.2. The molecule has 1 aliphatic carbocycles. The van der Waals surface area contributed by atoms with Gasteiger partial charge in [0, 0.05) is 11.4 Å². The number of nitrogens with zero attached hydrogens (tertiary/aromatic N) is 2. The summed E-state index contributed by atoms with van der Waals surface area (Å²) >= 11 is 1.57. The SMILES string of the molecule is CC1CCC(C(=O)O)C(Sc2ccncn2)C1. The molecule has 0 aliphatic heterocycles. The summed E-state index contributed by atoms with van der Waals surface area (Å²) in [4.78, 5) is 19.2. The van der Waals surface area contributed by atoms with Gasteiger partial charge in [-0.25, -0.2) is 9.97 Å². The fourth-order valence-electron chi connectivity index (χ4n) is 2.24. The van der Waals surface area contributed by atoms with E-state index in [2.05, 4.69) is 16.9 Å². The van der Waals surface area contributed by atoms with Crippen molar-refractivity contribution in [2.45, 2.75) is 36.5 Å². The van der Waals surface area contributed by atoms with E-state index < -0.39 is 5.97 Å². The minimum atomic E-state index is -0.677. The third-order valence-electron chi connectivity index (χ3n) is 3.20. The number of thioether (sulfide) groups is 1. The second-order valence-electron chi connectivity index (χ2n) is 4.57. The lowest BCUT2D eigenvalue weighted by atomic mass is 9.82. The third kappa shape index (κ3) is 3.19. The van der Waals surface area contributed by atoms with Gasteiger partial charge in [0.15, 0.2) is 0 Å². The van der Waals surface area contributed by atoms with Gasteiger partial charge in [0.2, 0.25) is 0 Å². The van der Waals surface area contributed by atoms with Crippen molar-refractivity contribution in [1.29, 1.82) is 0 Å². The molecule has 17 heavy (non-hydrogen) atoms. The molecule has 0 bridgehead atoms. The summed E-state index contributed by atoms with van der Waals surface area (Å²) in [6.45, 7) is 2.19. The lowest BCUT2D eigenvalue weighted by Gasteiger charge is -2.31. The summed E-state index contributed by atoms with van der Waals surface area (Å²) < 4.78 is 0. The Balaban J connectivity index is 2.08. The highest BCUT2D eigenvalue weighted by Crippen LogP contribution is 2.39. The molecule has 92 valence electrons. The van der Waals surface area contributed by atoms with Crippen LogP contribution in [0.2, 0.25) is 0 Å². The van der Waals surface area contributed by atoms with Crippen molar-refractivity contribution in [3.63, 3.8) is 0 Å². The van der Waals surface area contributed by atoms with E-state index in [0.29, 0.717) is 5.92 Å². The molecule has 1 aliphatic rings. The molecule has 0 aromatic carbocycles. The van der Waals surface area contributed by atoms with Gasteiger partial charge in [-0.2, -0.15) is 0 Å².